The standard InChI is InChI=1S/C15H30N2S/c1-5-10-17-15(6-2,13-16)9-7-11-18-12-8-14(3)4/h14,17H,5-12H2,1-4H3. The molecule has 18 heavy (non-hydrogen) atoms. The highest BCUT2D eigenvalue weighted by atomic mass is 32.2. The summed E-state index contributed by atoms with van der Waals surface area (Å²) in [6.07, 6.45) is 5.41. The van der Waals surface area contributed by atoms with E-state index < -0.39 is 0 Å². The molecule has 0 aromatic carbocycles. The van der Waals surface area contributed by atoms with Crippen LogP contribution in [0.5, 0.6) is 0 Å². The summed E-state index contributed by atoms with van der Waals surface area (Å²) < 4.78 is 0. The van der Waals surface area contributed by atoms with Crippen LogP contribution in [0.4, 0.5) is 0 Å². The zero-order valence-electron chi connectivity index (χ0n) is 12.6. The summed E-state index contributed by atoms with van der Waals surface area (Å²) in [6.45, 7) is 9.74. The molecule has 0 bridgehead atoms. The van der Waals surface area contributed by atoms with Gasteiger partial charge in [-0.05, 0) is 56.1 Å². The van der Waals surface area contributed by atoms with Gasteiger partial charge in [0.05, 0.1) is 6.07 Å². The van der Waals surface area contributed by atoms with Crippen LogP contribution in [0.2, 0.25) is 0 Å². The van der Waals surface area contributed by atoms with E-state index >= 15 is 0 Å². The minimum Gasteiger partial charge on any atom is -0.299 e. The second kappa shape index (κ2) is 10.7. The number of nitrogens with one attached hydrogen (secondary N) is 1. The van der Waals surface area contributed by atoms with Gasteiger partial charge in [0.25, 0.3) is 0 Å². The number of nitrogens with zero attached hydrogens (tertiary/aromatic N) is 1. The maximum absolute atomic E-state index is 9.36. The van der Waals surface area contributed by atoms with Gasteiger partial charge in [0.1, 0.15) is 5.54 Å². The molecule has 0 fully saturated rings. The van der Waals surface area contributed by atoms with Gasteiger partial charge in [0.15, 0.2) is 0 Å². The lowest BCUT2D eigenvalue weighted by molar-refractivity contribution is 0.371. The second-order valence-electron chi connectivity index (χ2n) is 5.37. The monoisotopic (exact) mass is 270 g/mol. The molecule has 2 nitrogen and oxygen atoms in total. The summed E-state index contributed by atoms with van der Waals surface area (Å²) in [7, 11) is 0. The molecule has 0 aromatic heterocycles. The van der Waals surface area contributed by atoms with Gasteiger partial charge in [-0.15, -0.1) is 0 Å². The molecular weight excluding hydrogens is 240 g/mol. The minimum atomic E-state index is -0.283. The molecule has 0 spiro atoms. The molecule has 0 rings (SSSR count). The molecule has 1 N–H and O–H groups in total. The van der Waals surface area contributed by atoms with Crippen LogP contribution in [-0.2, 0) is 0 Å². The first-order chi connectivity index (χ1) is 8.60. The first-order valence-corrected chi connectivity index (χ1v) is 8.49. The van der Waals surface area contributed by atoms with Crippen molar-refractivity contribution >= 4 is 11.8 Å². The van der Waals surface area contributed by atoms with Crippen molar-refractivity contribution in [1.82, 2.24) is 5.32 Å². The largest absolute Gasteiger partial charge is 0.299 e. The Kier molecular flexibility index (Phi) is 10.6. The van der Waals surface area contributed by atoms with Crippen LogP contribution in [-0.4, -0.2) is 23.6 Å². The van der Waals surface area contributed by atoms with Gasteiger partial charge < -0.3 is 0 Å². The van der Waals surface area contributed by atoms with Gasteiger partial charge in [-0.3, -0.25) is 5.32 Å². The van der Waals surface area contributed by atoms with Gasteiger partial charge in [-0.2, -0.15) is 17.0 Å². The number of rotatable bonds is 11. The normalized spacial score (nSPS) is 14.4. The van der Waals surface area contributed by atoms with Crippen LogP contribution in [0.3, 0.4) is 0 Å². The summed E-state index contributed by atoms with van der Waals surface area (Å²) >= 11 is 2.03. The van der Waals surface area contributed by atoms with E-state index in [2.05, 4.69) is 39.1 Å². The molecule has 1 atom stereocenters. The molecule has 0 aliphatic carbocycles. The Balaban J connectivity index is 3.80. The van der Waals surface area contributed by atoms with E-state index in [4.69, 9.17) is 0 Å². The average Bonchev–Trinajstić information content (AvgIpc) is 2.37. The quantitative estimate of drug-likeness (QED) is 0.571. The van der Waals surface area contributed by atoms with Crippen molar-refractivity contribution in [1.29, 1.82) is 5.26 Å². The molecule has 0 saturated heterocycles. The first kappa shape index (κ1) is 17.8. The fourth-order valence-electron chi connectivity index (χ4n) is 1.83. The van der Waals surface area contributed by atoms with Gasteiger partial charge in [0.2, 0.25) is 0 Å². The van der Waals surface area contributed by atoms with Gasteiger partial charge in [-0.25, -0.2) is 0 Å². The van der Waals surface area contributed by atoms with Crippen LogP contribution in [0, 0.1) is 17.2 Å². The predicted octanol–water partition coefficient (Wildman–Crippen LogP) is 4.22. The Morgan fingerprint density at radius 2 is 2.00 bits per heavy atom. The lowest BCUT2D eigenvalue weighted by Gasteiger charge is -2.26. The number of hydrogen-bond acceptors (Lipinski definition) is 3. The number of hydrogen-bond donors (Lipinski definition) is 1. The Morgan fingerprint density at radius 1 is 1.28 bits per heavy atom. The minimum absolute atomic E-state index is 0.283. The lowest BCUT2D eigenvalue weighted by Crippen LogP contribution is -2.43. The third-order valence-electron chi connectivity index (χ3n) is 3.26. The van der Waals surface area contributed by atoms with Crippen molar-refractivity contribution in [3.8, 4) is 6.07 Å². The zero-order valence-corrected chi connectivity index (χ0v) is 13.4. The first-order valence-electron chi connectivity index (χ1n) is 7.34. The van der Waals surface area contributed by atoms with E-state index in [1.165, 1.54) is 17.9 Å². The summed E-state index contributed by atoms with van der Waals surface area (Å²) in [5, 5.41) is 12.8. The summed E-state index contributed by atoms with van der Waals surface area (Å²) in [6, 6.07) is 2.49. The fourth-order valence-corrected chi connectivity index (χ4v) is 3.02. The van der Waals surface area contributed by atoms with E-state index in [1.54, 1.807) is 0 Å². The van der Waals surface area contributed by atoms with Crippen molar-refractivity contribution in [2.75, 3.05) is 18.1 Å². The van der Waals surface area contributed by atoms with E-state index in [1.807, 2.05) is 11.8 Å². The van der Waals surface area contributed by atoms with Gasteiger partial charge in [0, 0.05) is 0 Å². The van der Waals surface area contributed by atoms with Crippen molar-refractivity contribution in [2.24, 2.45) is 5.92 Å². The molecule has 0 aliphatic heterocycles. The Bertz CT molecular complexity index is 235. The Hall–Kier alpha value is -0.200. The van der Waals surface area contributed by atoms with E-state index in [9.17, 15) is 5.26 Å². The van der Waals surface area contributed by atoms with Crippen molar-refractivity contribution < 1.29 is 0 Å². The topological polar surface area (TPSA) is 35.8 Å². The maximum atomic E-state index is 9.36. The van der Waals surface area contributed by atoms with Crippen LogP contribution in [0.1, 0.15) is 59.8 Å². The third-order valence-corrected chi connectivity index (χ3v) is 4.36. The highest BCUT2D eigenvalue weighted by Gasteiger charge is 2.25. The molecule has 0 heterocycles. The van der Waals surface area contributed by atoms with Crippen LogP contribution in [0.25, 0.3) is 0 Å². The summed E-state index contributed by atoms with van der Waals surface area (Å²) in [5.74, 6) is 3.24. The molecular formula is C15H30N2S. The van der Waals surface area contributed by atoms with Gasteiger partial charge in [-0.1, -0.05) is 27.7 Å². The highest BCUT2D eigenvalue weighted by Crippen LogP contribution is 2.19. The van der Waals surface area contributed by atoms with Crippen molar-refractivity contribution in [3.05, 3.63) is 0 Å². The highest BCUT2D eigenvalue weighted by molar-refractivity contribution is 7.99. The van der Waals surface area contributed by atoms with Crippen LogP contribution in [0.15, 0.2) is 0 Å². The lowest BCUT2D eigenvalue weighted by atomic mass is 9.92. The molecule has 1 unspecified atom stereocenters. The molecule has 0 radical (unpaired) electrons. The molecule has 0 aromatic rings. The SMILES string of the molecule is CCCNC(C#N)(CC)CCCSCCC(C)C. The molecule has 0 saturated carbocycles. The molecule has 106 valence electrons. The molecule has 0 amide bonds. The van der Waals surface area contributed by atoms with E-state index in [0.717, 1.165) is 38.1 Å². The zero-order chi connectivity index (χ0) is 13.9. The fraction of sp³-hybridized carbons (Fsp3) is 0.933. The second-order valence-corrected chi connectivity index (χ2v) is 6.60. The van der Waals surface area contributed by atoms with Crippen molar-refractivity contribution in [2.45, 2.75) is 65.3 Å². The van der Waals surface area contributed by atoms with Crippen molar-refractivity contribution in [3.63, 3.8) is 0 Å². The Morgan fingerprint density at radius 3 is 2.50 bits per heavy atom. The summed E-state index contributed by atoms with van der Waals surface area (Å²) in [5.41, 5.74) is -0.283. The van der Waals surface area contributed by atoms with Gasteiger partial charge >= 0.3 is 0 Å². The number of nitriles is 1. The summed E-state index contributed by atoms with van der Waals surface area (Å²) in [4.78, 5) is 0. The average molecular weight is 270 g/mol. The Labute approximate surface area is 118 Å². The van der Waals surface area contributed by atoms with Crippen LogP contribution < -0.4 is 5.32 Å². The maximum Gasteiger partial charge on any atom is 0.106 e. The molecule has 3 heteroatoms. The molecule has 0 aliphatic rings. The smallest absolute Gasteiger partial charge is 0.106 e. The van der Waals surface area contributed by atoms with Crippen LogP contribution >= 0.6 is 11.8 Å². The van der Waals surface area contributed by atoms with E-state index in [0.29, 0.717) is 0 Å². The predicted molar refractivity (Wildman–Crippen MR) is 82.9 cm³/mol. The third kappa shape index (κ3) is 8.00. The van der Waals surface area contributed by atoms with E-state index in [-0.39, 0.29) is 5.54 Å². The number of thioether (sulfide) groups is 1.